The third-order valence-electron chi connectivity index (χ3n) is 3.52. The van der Waals surface area contributed by atoms with Gasteiger partial charge in [0.15, 0.2) is 0 Å². The van der Waals surface area contributed by atoms with Gasteiger partial charge in [0.1, 0.15) is 6.61 Å². The van der Waals surface area contributed by atoms with E-state index < -0.39 is 6.03 Å². The lowest BCUT2D eigenvalue weighted by Gasteiger charge is -2.12. The van der Waals surface area contributed by atoms with Crippen LogP contribution in [-0.2, 0) is 6.61 Å². The molecule has 0 aliphatic heterocycles. The number of ether oxygens (including phenoxy) is 1. The first-order valence-electron chi connectivity index (χ1n) is 7.56. The van der Waals surface area contributed by atoms with Crippen LogP contribution in [0.4, 0.5) is 10.5 Å². The van der Waals surface area contributed by atoms with E-state index in [0.717, 1.165) is 15.7 Å². The maximum Gasteiger partial charge on any atom is 0.333 e. The Morgan fingerprint density at radius 3 is 2.73 bits per heavy atom. The fraction of sp³-hybridized carbons (Fsp3) is 0.0588. The predicted octanol–water partition coefficient (Wildman–Crippen LogP) is 3.86. The van der Waals surface area contributed by atoms with E-state index in [1.54, 1.807) is 41.2 Å². The summed E-state index contributed by atoms with van der Waals surface area (Å²) in [5, 5.41) is 7.69. The molecule has 2 aromatic carbocycles. The lowest BCUT2D eigenvalue weighted by atomic mass is 10.2. The highest BCUT2D eigenvalue weighted by Gasteiger charge is 2.11. The van der Waals surface area contributed by atoms with E-state index in [0.29, 0.717) is 16.6 Å². The van der Waals surface area contributed by atoms with E-state index in [2.05, 4.69) is 26.3 Å². The largest absolute Gasteiger partial charge is 0.472 e. The third-order valence-corrected chi connectivity index (χ3v) is 4.51. The number of hydrogen-bond donors (Lipinski definition) is 3. The van der Waals surface area contributed by atoms with E-state index in [-0.39, 0.29) is 6.61 Å². The van der Waals surface area contributed by atoms with Crippen molar-refractivity contribution in [1.29, 1.82) is 0 Å². The Hall–Kier alpha value is -2.55. The van der Waals surface area contributed by atoms with Crippen LogP contribution in [-0.4, -0.2) is 15.8 Å². The molecule has 3 rings (SSSR count). The number of halogens is 2. The third kappa shape index (κ3) is 4.34. The highest BCUT2D eigenvalue weighted by molar-refractivity contribution is 9.10. The molecule has 7 nitrogen and oxygen atoms in total. The van der Waals surface area contributed by atoms with Gasteiger partial charge < -0.3 is 10.1 Å². The molecule has 9 heteroatoms. The van der Waals surface area contributed by atoms with Crippen molar-refractivity contribution in [3.05, 3.63) is 69.8 Å². The van der Waals surface area contributed by atoms with Crippen molar-refractivity contribution in [3.8, 4) is 11.6 Å². The van der Waals surface area contributed by atoms with Gasteiger partial charge in [-0.15, -0.1) is 5.10 Å². The molecule has 1 aromatic heterocycles. The number of nitrogens with one attached hydrogen (secondary N) is 2. The Morgan fingerprint density at radius 2 is 2.00 bits per heavy atom. The minimum atomic E-state index is -0.517. The topological polar surface area (TPSA) is 94.2 Å². The number of hydrazine groups is 1. The van der Waals surface area contributed by atoms with Gasteiger partial charge in [0.05, 0.1) is 11.4 Å². The molecule has 134 valence electrons. The number of aromatic nitrogens is 2. The number of carbonyl (C=O) groups is 1. The fourth-order valence-corrected chi connectivity index (χ4v) is 2.86. The van der Waals surface area contributed by atoms with E-state index in [9.17, 15) is 4.79 Å². The molecule has 2 amide bonds. The van der Waals surface area contributed by atoms with Crippen LogP contribution >= 0.6 is 27.5 Å². The molecule has 0 radical (unpaired) electrons. The maximum absolute atomic E-state index is 11.5. The molecule has 0 aliphatic carbocycles. The van der Waals surface area contributed by atoms with Crippen molar-refractivity contribution < 1.29 is 9.53 Å². The van der Waals surface area contributed by atoms with Crippen LogP contribution in [0.25, 0.3) is 5.69 Å². The molecule has 0 unspecified atom stereocenters. The zero-order chi connectivity index (χ0) is 18.5. The van der Waals surface area contributed by atoms with Crippen molar-refractivity contribution in [1.82, 2.24) is 15.2 Å². The summed E-state index contributed by atoms with van der Waals surface area (Å²) in [5.74, 6) is 5.56. The molecule has 0 saturated heterocycles. The normalized spacial score (nSPS) is 10.4. The van der Waals surface area contributed by atoms with Crippen molar-refractivity contribution in [3.63, 3.8) is 0 Å². The first kappa shape index (κ1) is 18.2. The standard InChI is InChI=1S/C17H15BrClN5O2/c18-14-2-1-3-15(21-17(25)22-20)13(14)10-26-16-8-9-24(23-16)12-6-4-11(19)5-7-12/h1-9H,10,20H2,(H2,21,22,25). The number of nitrogens with two attached hydrogens (primary N) is 1. The minimum Gasteiger partial charge on any atom is -0.472 e. The average molecular weight is 437 g/mol. The summed E-state index contributed by atoms with van der Waals surface area (Å²) >= 11 is 9.36. The minimum absolute atomic E-state index is 0.208. The van der Waals surface area contributed by atoms with Crippen LogP contribution in [0.2, 0.25) is 5.02 Å². The van der Waals surface area contributed by atoms with Crippen molar-refractivity contribution >= 4 is 39.2 Å². The first-order valence-corrected chi connectivity index (χ1v) is 8.73. The molecule has 4 N–H and O–H groups in total. The number of amides is 2. The highest BCUT2D eigenvalue weighted by Crippen LogP contribution is 2.26. The van der Waals surface area contributed by atoms with Crippen LogP contribution in [0.3, 0.4) is 0 Å². The second kappa shape index (κ2) is 8.22. The molecule has 0 saturated carbocycles. The molecular formula is C17H15BrClN5O2. The summed E-state index contributed by atoms with van der Waals surface area (Å²) in [5.41, 5.74) is 4.24. The number of rotatable bonds is 5. The van der Waals surface area contributed by atoms with E-state index in [1.807, 2.05) is 23.6 Å². The van der Waals surface area contributed by atoms with Gasteiger partial charge >= 0.3 is 6.03 Å². The van der Waals surface area contributed by atoms with Crippen molar-refractivity contribution in [2.75, 3.05) is 5.32 Å². The van der Waals surface area contributed by atoms with E-state index >= 15 is 0 Å². The SMILES string of the molecule is NNC(=O)Nc1cccc(Br)c1COc1ccn(-c2ccc(Cl)cc2)n1. The monoisotopic (exact) mass is 435 g/mol. The number of urea groups is 1. The van der Waals surface area contributed by atoms with Gasteiger partial charge in [0.2, 0.25) is 5.88 Å². The Morgan fingerprint density at radius 1 is 1.23 bits per heavy atom. The Labute approximate surface area is 163 Å². The number of carbonyl (C=O) groups excluding carboxylic acids is 1. The van der Waals surface area contributed by atoms with Gasteiger partial charge in [-0.05, 0) is 36.4 Å². The second-order valence-electron chi connectivity index (χ2n) is 5.23. The summed E-state index contributed by atoms with van der Waals surface area (Å²) in [6, 6.07) is 14.0. The summed E-state index contributed by atoms with van der Waals surface area (Å²) in [6.45, 7) is 0.208. The Balaban J connectivity index is 1.73. The van der Waals surface area contributed by atoms with Gasteiger partial charge in [-0.2, -0.15) is 0 Å². The molecule has 1 heterocycles. The molecule has 26 heavy (non-hydrogen) atoms. The molecule has 3 aromatic rings. The number of hydrogen-bond acceptors (Lipinski definition) is 4. The molecule has 0 spiro atoms. The van der Waals surface area contributed by atoms with Gasteiger partial charge in [0.25, 0.3) is 0 Å². The lowest BCUT2D eigenvalue weighted by molar-refractivity contribution is 0.252. The maximum atomic E-state index is 11.5. The van der Waals surface area contributed by atoms with Crippen LogP contribution < -0.4 is 21.3 Å². The molecule has 0 aliphatic rings. The fourth-order valence-electron chi connectivity index (χ4n) is 2.25. The first-order chi connectivity index (χ1) is 12.6. The average Bonchev–Trinajstić information content (AvgIpc) is 3.10. The molecule has 0 fully saturated rings. The van der Waals surface area contributed by atoms with Gasteiger partial charge in [-0.25, -0.2) is 15.3 Å². The van der Waals surface area contributed by atoms with Crippen molar-refractivity contribution in [2.45, 2.75) is 6.61 Å². The van der Waals surface area contributed by atoms with Crippen LogP contribution in [0, 0.1) is 0 Å². The molecular weight excluding hydrogens is 422 g/mol. The molecule has 0 atom stereocenters. The summed E-state index contributed by atoms with van der Waals surface area (Å²) in [6.07, 6.45) is 1.79. The Kier molecular flexibility index (Phi) is 5.77. The lowest BCUT2D eigenvalue weighted by Crippen LogP contribution is -2.34. The summed E-state index contributed by atoms with van der Waals surface area (Å²) in [4.78, 5) is 11.5. The predicted molar refractivity (Wildman–Crippen MR) is 103 cm³/mol. The quantitative estimate of drug-likeness (QED) is 0.321. The highest BCUT2D eigenvalue weighted by atomic mass is 79.9. The zero-order valence-electron chi connectivity index (χ0n) is 13.4. The van der Waals surface area contributed by atoms with Crippen LogP contribution in [0.5, 0.6) is 5.88 Å². The van der Waals surface area contributed by atoms with Crippen molar-refractivity contribution in [2.24, 2.45) is 5.84 Å². The molecule has 0 bridgehead atoms. The Bertz CT molecular complexity index is 914. The van der Waals surface area contributed by atoms with Crippen LogP contribution in [0.1, 0.15) is 5.56 Å². The number of nitrogens with zero attached hydrogens (tertiary/aromatic N) is 2. The number of anilines is 1. The zero-order valence-corrected chi connectivity index (χ0v) is 15.8. The smallest absolute Gasteiger partial charge is 0.333 e. The summed E-state index contributed by atoms with van der Waals surface area (Å²) < 4.78 is 8.25. The van der Waals surface area contributed by atoms with Gasteiger partial charge in [0, 0.05) is 27.3 Å². The van der Waals surface area contributed by atoms with E-state index in [1.165, 1.54) is 0 Å². The second-order valence-corrected chi connectivity index (χ2v) is 6.52. The van der Waals surface area contributed by atoms with Crippen LogP contribution in [0.15, 0.2) is 59.2 Å². The van der Waals surface area contributed by atoms with Gasteiger partial charge in [-0.1, -0.05) is 33.6 Å². The van der Waals surface area contributed by atoms with Gasteiger partial charge in [-0.3, -0.25) is 5.43 Å². The summed E-state index contributed by atoms with van der Waals surface area (Å²) in [7, 11) is 0. The number of benzene rings is 2. The van der Waals surface area contributed by atoms with E-state index in [4.69, 9.17) is 22.2 Å².